The average Bonchev–Trinajstić information content (AvgIpc) is 3.27. The first-order valence-corrected chi connectivity index (χ1v) is 18.0. The minimum absolute atomic E-state index is 0.205. The summed E-state index contributed by atoms with van der Waals surface area (Å²) in [5, 5.41) is 32.9. The summed E-state index contributed by atoms with van der Waals surface area (Å²) in [5.41, 5.74) is -3.15. The molecule has 0 spiro atoms. The van der Waals surface area contributed by atoms with E-state index in [-0.39, 0.29) is 12.8 Å². The second-order valence-corrected chi connectivity index (χ2v) is 13.5. The predicted molar refractivity (Wildman–Crippen MR) is 158 cm³/mol. The number of fused-ring (bicyclic) bond motifs is 1. The molecule has 3 saturated heterocycles. The Morgan fingerprint density at radius 2 is 0.854 bits per heavy atom. The molecule has 0 aliphatic carbocycles. The Bertz CT molecular complexity index is 784. The fourth-order valence-corrected chi connectivity index (χ4v) is 7.29. The Morgan fingerprint density at radius 1 is 0.561 bits per heavy atom. The fourth-order valence-electron chi connectivity index (χ4n) is 5.78. The Kier molecular flexibility index (Phi) is 16.2. The summed E-state index contributed by atoms with van der Waals surface area (Å²) >= 11 is 0. The van der Waals surface area contributed by atoms with Crippen molar-refractivity contribution in [1.82, 2.24) is 0 Å². The molecule has 0 aromatic carbocycles. The van der Waals surface area contributed by atoms with Crippen molar-refractivity contribution in [2.45, 2.75) is 185 Å². The molecule has 3 N–H and O–H groups in total. The van der Waals surface area contributed by atoms with E-state index >= 15 is 0 Å². The van der Waals surface area contributed by atoms with E-state index in [1.807, 2.05) is 0 Å². The molecule has 0 aromatic rings. The molecule has 0 radical (unpaired) electrons. The fraction of sp³-hybridized carbons (Fsp3) is 0.935. The first kappa shape index (κ1) is 36.5. The molecule has 240 valence electrons. The van der Waals surface area contributed by atoms with E-state index in [0.717, 1.165) is 51.4 Å². The number of carbonyl (C=O) groups is 2. The van der Waals surface area contributed by atoms with Crippen LogP contribution in [0.3, 0.4) is 0 Å². The van der Waals surface area contributed by atoms with Crippen molar-refractivity contribution in [3.05, 3.63) is 0 Å². The minimum Gasteiger partial charge on any atom is -0.370 e. The van der Waals surface area contributed by atoms with Gasteiger partial charge < -0.3 is 15.3 Å². The van der Waals surface area contributed by atoms with Gasteiger partial charge in [-0.25, -0.2) is 18.1 Å². The summed E-state index contributed by atoms with van der Waals surface area (Å²) in [7, 11) is -4.34. The maximum Gasteiger partial charge on any atom is 0.486 e. The Hall–Kier alpha value is -0.670. The smallest absolute Gasteiger partial charge is 0.370 e. The third kappa shape index (κ3) is 10.2. The maximum absolute atomic E-state index is 13.2. The number of rotatable bonds is 27. The number of ketones is 2. The molecule has 3 aliphatic heterocycles. The van der Waals surface area contributed by atoms with Gasteiger partial charge in [0, 0.05) is 12.8 Å². The largest absolute Gasteiger partial charge is 0.486 e. The van der Waals surface area contributed by atoms with Crippen molar-refractivity contribution in [2.24, 2.45) is 0 Å². The van der Waals surface area contributed by atoms with Gasteiger partial charge in [-0.05, 0) is 12.8 Å². The van der Waals surface area contributed by atoms with Crippen LogP contribution in [0.5, 0.6) is 0 Å². The monoisotopic (exact) mass is 604 g/mol. The van der Waals surface area contributed by atoms with Gasteiger partial charge in [0.25, 0.3) is 0 Å². The lowest BCUT2D eigenvalue weighted by Crippen LogP contribution is -2.72. The van der Waals surface area contributed by atoms with E-state index in [4.69, 9.17) is 4.52 Å². The van der Waals surface area contributed by atoms with Crippen LogP contribution in [0.1, 0.15) is 168 Å². The van der Waals surface area contributed by atoms with Crippen LogP contribution in [0, 0.1) is 0 Å². The summed E-state index contributed by atoms with van der Waals surface area (Å²) in [4.78, 5) is 26.5. The standard InChI is InChI=1S/C31H57O9P/c1-3-5-7-9-11-13-15-17-19-21-23-25-27(32)29(34,30(35)31(36)39-41(37,38-30)40-31)28(33)26-24-22-20-18-16-14-12-10-8-6-4-2/h34-36H,3-26H2,1-2H3. The zero-order valence-electron chi connectivity index (χ0n) is 25.7. The summed E-state index contributed by atoms with van der Waals surface area (Å²) in [5.74, 6) is -8.33. The number of Topliss-reactive ketones (excluding diaryl/α,β-unsaturated/α-hetero) is 2. The summed E-state index contributed by atoms with van der Waals surface area (Å²) in [6, 6.07) is 0. The van der Waals surface area contributed by atoms with Gasteiger partial charge in [-0.3, -0.25) is 9.59 Å². The summed E-state index contributed by atoms with van der Waals surface area (Å²) < 4.78 is 26.4. The zero-order chi connectivity index (χ0) is 30.2. The lowest BCUT2D eigenvalue weighted by Gasteiger charge is -2.40. The third-order valence-corrected chi connectivity index (χ3v) is 9.89. The molecule has 41 heavy (non-hydrogen) atoms. The first-order chi connectivity index (χ1) is 19.6. The maximum atomic E-state index is 13.2. The van der Waals surface area contributed by atoms with Crippen LogP contribution in [0.4, 0.5) is 0 Å². The number of phosphoric acid groups is 1. The molecule has 2 bridgehead atoms. The van der Waals surface area contributed by atoms with E-state index in [2.05, 4.69) is 22.9 Å². The van der Waals surface area contributed by atoms with Crippen molar-refractivity contribution in [3.63, 3.8) is 0 Å². The molecule has 1 unspecified atom stereocenters. The average molecular weight is 605 g/mol. The van der Waals surface area contributed by atoms with Gasteiger partial charge in [0.2, 0.25) is 5.60 Å². The van der Waals surface area contributed by atoms with Gasteiger partial charge >= 0.3 is 19.6 Å². The van der Waals surface area contributed by atoms with Gasteiger partial charge in [0.15, 0.2) is 11.6 Å². The van der Waals surface area contributed by atoms with Crippen molar-refractivity contribution in [3.8, 4) is 0 Å². The van der Waals surface area contributed by atoms with Crippen LogP contribution < -0.4 is 0 Å². The highest BCUT2D eigenvalue weighted by Gasteiger charge is 2.88. The highest BCUT2D eigenvalue weighted by atomic mass is 31.2. The van der Waals surface area contributed by atoms with Gasteiger partial charge in [0.1, 0.15) is 0 Å². The van der Waals surface area contributed by atoms with Crippen LogP contribution in [0.25, 0.3) is 0 Å². The molecule has 0 saturated carbocycles. The third-order valence-electron chi connectivity index (χ3n) is 8.46. The summed E-state index contributed by atoms with van der Waals surface area (Å²) in [6.45, 7) is 4.41. The Balaban J connectivity index is 1.78. The quantitative estimate of drug-likeness (QED) is 0.0487. The van der Waals surface area contributed by atoms with Crippen molar-refractivity contribution in [1.29, 1.82) is 0 Å². The topological polar surface area (TPSA) is 140 Å². The molecule has 1 atom stereocenters. The number of carbonyl (C=O) groups excluding carboxylic acids is 2. The molecule has 3 heterocycles. The molecule has 0 amide bonds. The molecule has 3 rings (SSSR count). The van der Waals surface area contributed by atoms with E-state index in [0.29, 0.717) is 12.8 Å². The zero-order valence-corrected chi connectivity index (χ0v) is 26.6. The van der Waals surface area contributed by atoms with Crippen LogP contribution in [-0.2, 0) is 27.7 Å². The minimum atomic E-state index is -4.34. The Morgan fingerprint density at radius 3 is 1.12 bits per heavy atom. The molecule has 10 heteroatoms. The van der Waals surface area contributed by atoms with Crippen molar-refractivity contribution >= 4 is 19.4 Å². The second kappa shape index (κ2) is 18.2. The second-order valence-electron chi connectivity index (χ2n) is 12.1. The van der Waals surface area contributed by atoms with E-state index in [1.165, 1.54) is 77.0 Å². The van der Waals surface area contributed by atoms with Crippen LogP contribution in [-0.4, -0.2) is 44.2 Å². The lowest BCUT2D eigenvalue weighted by molar-refractivity contribution is -0.416. The molecule has 3 fully saturated rings. The van der Waals surface area contributed by atoms with Gasteiger partial charge in [0.05, 0.1) is 0 Å². The number of hydrogen-bond acceptors (Lipinski definition) is 9. The number of hydrogen-bond donors (Lipinski definition) is 3. The highest BCUT2D eigenvalue weighted by molar-refractivity contribution is 7.50. The molecular weight excluding hydrogens is 547 g/mol. The highest BCUT2D eigenvalue weighted by Crippen LogP contribution is 2.77. The number of aliphatic hydroxyl groups is 3. The van der Waals surface area contributed by atoms with Crippen LogP contribution in [0.2, 0.25) is 0 Å². The van der Waals surface area contributed by atoms with Crippen LogP contribution >= 0.6 is 7.82 Å². The number of unbranched alkanes of at least 4 members (excludes halogenated alkanes) is 20. The van der Waals surface area contributed by atoms with Crippen LogP contribution in [0.15, 0.2) is 0 Å². The van der Waals surface area contributed by atoms with Gasteiger partial charge in [-0.1, -0.05) is 142 Å². The molecule has 3 aliphatic rings. The lowest BCUT2D eigenvalue weighted by atomic mass is 9.79. The predicted octanol–water partition coefficient (Wildman–Crippen LogP) is 7.78. The van der Waals surface area contributed by atoms with E-state index in [1.54, 1.807) is 0 Å². The summed E-state index contributed by atoms with van der Waals surface area (Å²) in [6.07, 6.45) is 23.0. The van der Waals surface area contributed by atoms with E-state index in [9.17, 15) is 29.5 Å². The van der Waals surface area contributed by atoms with Crippen molar-refractivity contribution < 1.29 is 43.0 Å². The molecular formula is C31H57O9P. The van der Waals surface area contributed by atoms with Crippen molar-refractivity contribution in [2.75, 3.05) is 0 Å². The van der Waals surface area contributed by atoms with Gasteiger partial charge in [-0.2, -0.15) is 0 Å². The molecule has 9 nitrogen and oxygen atoms in total. The first-order valence-electron chi connectivity index (χ1n) is 16.5. The normalized spacial score (nSPS) is 25.4. The molecule has 0 aromatic heterocycles. The number of phosphoric ester groups is 1. The van der Waals surface area contributed by atoms with E-state index < -0.39 is 36.8 Å². The SMILES string of the molecule is CCCCCCCCCCCCCC(=O)C(O)(C(=O)CCCCCCCCCCCCC)C1(O)OP2(=O)OC1(O)O2. The van der Waals surface area contributed by atoms with Gasteiger partial charge in [-0.15, -0.1) is 0 Å². The Labute approximate surface area is 247 Å².